The van der Waals surface area contributed by atoms with E-state index in [0.717, 1.165) is 11.3 Å². The molecule has 1 amide bonds. The van der Waals surface area contributed by atoms with Gasteiger partial charge in [0.05, 0.1) is 6.61 Å². The van der Waals surface area contributed by atoms with Crippen LogP contribution in [-0.2, 0) is 4.79 Å². The standard InChI is InChI=1S/C14H16N4O2/c1-3-20-12-7-4-11(5-8-12)6-9-13(19)16-14-15-10(2)17-18-14/h4-9H,3H2,1-2H3,(H2,15,16,17,18,19)/b9-6+. The average Bonchev–Trinajstić information content (AvgIpc) is 2.84. The number of nitrogens with zero attached hydrogens (tertiary/aromatic N) is 2. The molecule has 0 aliphatic carbocycles. The molecule has 1 heterocycles. The molecule has 2 rings (SSSR count). The molecule has 0 aliphatic heterocycles. The monoisotopic (exact) mass is 272 g/mol. The number of aromatic nitrogens is 3. The van der Waals surface area contributed by atoms with Crippen LogP contribution in [0.3, 0.4) is 0 Å². The van der Waals surface area contributed by atoms with Gasteiger partial charge in [-0.15, -0.1) is 5.10 Å². The van der Waals surface area contributed by atoms with Gasteiger partial charge in [-0.2, -0.15) is 4.98 Å². The molecule has 104 valence electrons. The van der Waals surface area contributed by atoms with E-state index in [2.05, 4.69) is 20.5 Å². The van der Waals surface area contributed by atoms with Crippen LogP contribution in [0.1, 0.15) is 18.3 Å². The van der Waals surface area contributed by atoms with E-state index in [-0.39, 0.29) is 11.9 Å². The lowest BCUT2D eigenvalue weighted by atomic mass is 10.2. The molecular weight excluding hydrogens is 256 g/mol. The summed E-state index contributed by atoms with van der Waals surface area (Å²) >= 11 is 0. The molecule has 0 saturated heterocycles. The molecule has 1 aromatic heterocycles. The molecule has 2 N–H and O–H groups in total. The van der Waals surface area contributed by atoms with E-state index < -0.39 is 0 Å². The van der Waals surface area contributed by atoms with E-state index in [1.165, 1.54) is 6.08 Å². The van der Waals surface area contributed by atoms with E-state index in [9.17, 15) is 4.79 Å². The number of carbonyl (C=O) groups excluding carboxylic acids is 1. The lowest BCUT2D eigenvalue weighted by Crippen LogP contribution is -2.09. The molecule has 0 radical (unpaired) electrons. The molecular formula is C14H16N4O2. The van der Waals surface area contributed by atoms with Crippen molar-refractivity contribution in [3.63, 3.8) is 0 Å². The first-order valence-corrected chi connectivity index (χ1v) is 6.28. The van der Waals surface area contributed by atoms with Gasteiger partial charge in [-0.25, -0.2) is 0 Å². The molecule has 0 aliphatic rings. The Kier molecular flexibility index (Phi) is 4.49. The molecule has 0 atom stereocenters. The molecule has 0 spiro atoms. The van der Waals surface area contributed by atoms with Gasteiger partial charge in [-0.05, 0) is 37.6 Å². The maximum absolute atomic E-state index is 11.6. The van der Waals surface area contributed by atoms with Gasteiger partial charge in [0.25, 0.3) is 5.91 Å². The fourth-order valence-electron chi connectivity index (χ4n) is 1.56. The summed E-state index contributed by atoms with van der Waals surface area (Å²) in [5.41, 5.74) is 0.912. The number of hydrogen-bond acceptors (Lipinski definition) is 4. The van der Waals surface area contributed by atoms with Gasteiger partial charge < -0.3 is 4.74 Å². The van der Waals surface area contributed by atoms with Crippen LogP contribution in [0.2, 0.25) is 0 Å². The zero-order valence-electron chi connectivity index (χ0n) is 11.4. The van der Waals surface area contributed by atoms with Crippen molar-refractivity contribution in [1.29, 1.82) is 0 Å². The van der Waals surface area contributed by atoms with Crippen LogP contribution in [0.5, 0.6) is 5.75 Å². The minimum Gasteiger partial charge on any atom is -0.494 e. The number of nitrogens with one attached hydrogen (secondary N) is 2. The summed E-state index contributed by atoms with van der Waals surface area (Å²) < 4.78 is 5.34. The predicted molar refractivity (Wildman–Crippen MR) is 76.4 cm³/mol. The Bertz CT molecular complexity index is 602. The summed E-state index contributed by atoms with van der Waals surface area (Å²) in [6, 6.07) is 7.48. The molecule has 0 bridgehead atoms. The Balaban J connectivity index is 1.93. The highest BCUT2D eigenvalue weighted by Crippen LogP contribution is 2.13. The van der Waals surface area contributed by atoms with Crippen LogP contribution < -0.4 is 10.1 Å². The van der Waals surface area contributed by atoms with E-state index in [4.69, 9.17) is 4.74 Å². The maximum Gasteiger partial charge on any atom is 0.250 e. The maximum atomic E-state index is 11.6. The Hall–Kier alpha value is -2.63. The van der Waals surface area contributed by atoms with E-state index in [1.807, 2.05) is 31.2 Å². The Morgan fingerprint density at radius 1 is 1.40 bits per heavy atom. The number of aromatic amines is 1. The second-order valence-electron chi connectivity index (χ2n) is 4.07. The van der Waals surface area contributed by atoms with Gasteiger partial charge in [0.1, 0.15) is 11.6 Å². The number of anilines is 1. The minimum atomic E-state index is -0.280. The normalized spacial score (nSPS) is 10.7. The molecule has 2 aromatic rings. The third-order valence-corrected chi connectivity index (χ3v) is 2.45. The van der Waals surface area contributed by atoms with Crippen molar-refractivity contribution in [2.75, 3.05) is 11.9 Å². The third-order valence-electron chi connectivity index (χ3n) is 2.45. The summed E-state index contributed by atoms with van der Waals surface area (Å²) in [6.45, 7) is 4.33. The largest absolute Gasteiger partial charge is 0.494 e. The summed E-state index contributed by atoms with van der Waals surface area (Å²) in [6.07, 6.45) is 3.14. The summed E-state index contributed by atoms with van der Waals surface area (Å²) in [5.74, 6) is 1.45. The first-order valence-electron chi connectivity index (χ1n) is 6.28. The van der Waals surface area contributed by atoms with Gasteiger partial charge in [-0.1, -0.05) is 12.1 Å². The molecule has 6 nitrogen and oxygen atoms in total. The number of ether oxygens (including phenoxy) is 1. The number of rotatable bonds is 5. The van der Waals surface area contributed by atoms with Crippen molar-refractivity contribution >= 4 is 17.9 Å². The first-order chi connectivity index (χ1) is 9.67. The predicted octanol–water partition coefficient (Wildman–Crippen LogP) is 2.16. The lowest BCUT2D eigenvalue weighted by molar-refractivity contribution is -0.111. The topological polar surface area (TPSA) is 79.9 Å². The van der Waals surface area contributed by atoms with Gasteiger partial charge in [0, 0.05) is 6.08 Å². The van der Waals surface area contributed by atoms with Crippen molar-refractivity contribution in [3.8, 4) is 5.75 Å². The van der Waals surface area contributed by atoms with Crippen LogP contribution in [0.25, 0.3) is 6.08 Å². The molecule has 0 fully saturated rings. The quantitative estimate of drug-likeness (QED) is 0.817. The summed E-state index contributed by atoms with van der Waals surface area (Å²) in [4.78, 5) is 15.6. The number of hydrogen-bond donors (Lipinski definition) is 2. The second kappa shape index (κ2) is 6.51. The highest BCUT2D eigenvalue weighted by molar-refractivity contribution is 6.00. The number of amides is 1. The average molecular weight is 272 g/mol. The Morgan fingerprint density at radius 2 is 2.15 bits per heavy atom. The molecule has 20 heavy (non-hydrogen) atoms. The van der Waals surface area contributed by atoms with E-state index >= 15 is 0 Å². The van der Waals surface area contributed by atoms with Crippen LogP contribution in [0, 0.1) is 6.92 Å². The van der Waals surface area contributed by atoms with Crippen LogP contribution in [0.15, 0.2) is 30.3 Å². The van der Waals surface area contributed by atoms with E-state index in [1.54, 1.807) is 13.0 Å². The highest BCUT2D eigenvalue weighted by Gasteiger charge is 2.02. The fraction of sp³-hybridized carbons (Fsp3) is 0.214. The van der Waals surface area contributed by atoms with Gasteiger partial charge >= 0.3 is 0 Å². The Labute approximate surface area is 116 Å². The van der Waals surface area contributed by atoms with Crippen molar-refractivity contribution in [1.82, 2.24) is 15.2 Å². The van der Waals surface area contributed by atoms with E-state index in [0.29, 0.717) is 12.4 Å². The van der Waals surface area contributed by atoms with Gasteiger partial charge in [0.2, 0.25) is 5.95 Å². The van der Waals surface area contributed by atoms with Crippen molar-refractivity contribution in [2.45, 2.75) is 13.8 Å². The number of carbonyl (C=O) groups is 1. The van der Waals surface area contributed by atoms with Crippen LogP contribution >= 0.6 is 0 Å². The third kappa shape index (κ3) is 3.94. The smallest absolute Gasteiger partial charge is 0.250 e. The summed E-state index contributed by atoms with van der Waals surface area (Å²) in [7, 11) is 0. The van der Waals surface area contributed by atoms with Crippen molar-refractivity contribution in [3.05, 3.63) is 41.7 Å². The zero-order chi connectivity index (χ0) is 14.4. The molecule has 0 saturated carbocycles. The molecule has 0 unspecified atom stereocenters. The lowest BCUT2D eigenvalue weighted by Gasteiger charge is -2.02. The Morgan fingerprint density at radius 3 is 2.75 bits per heavy atom. The summed E-state index contributed by atoms with van der Waals surface area (Å²) in [5, 5.41) is 9.04. The number of benzene rings is 1. The zero-order valence-corrected chi connectivity index (χ0v) is 11.4. The van der Waals surface area contributed by atoms with Crippen LogP contribution in [-0.4, -0.2) is 27.7 Å². The molecule has 6 heteroatoms. The fourth-order valence-corrected chi connectivity index (χ4v) is 1.56. The number of H-pyrrole nitrogens is 1. The van der Waals surface area contributed by atoms with Crippen molar-refractivity contribution < 1.29 is 9.53 Å². The van der Waals surface area contributed by atoms with Crippen molar-refractivity contribution in [2.24, 2.45) is 0 Å². The minimum absolute atomic E-state index is 0.267. The molecule has 1 aromatic carbocycles. The van der Waals surface area contributed by atoms with Gasteiger partial charge in [0.15, 0.2) is 0 Å². The first kappa shape index (κ1) is 13.8. The second-order valence-corrected chi connectivity index (χ2v) is 4.07. The van der Waals surface area contributed by atoms with Gasteiger partial charge in [-0.3, -0.25) is 15.2 Å². The number of aryl methyl sites for hydroxylation is 1. The highest BCUT2D eigenvalue weighted by atomic mass is 16.5. The van der Waals surface area contributed by atoms with Crippen LogP contribution in [0.4, 0.5) is 5.95 Å². The SMILES string of the molecule is CCOc1ccc(/C=C/C(=O)Nc2n[nH]c(C)n2)cc1.